The lowest BCUT2D eigenvalue weighted by atomic mass is 9.83. The molecule has 1 aromatic rings. The minimum absolute atomic E-state index is 0.0353. The molecule has 0 atom stereocenters. The highest BCUT2D eigenvalue weighted by atomic mass is 32.2. The first kappa shape index (κ1) is 22.6. The number of carbonyl (C=O) groups is 2. The average molecular weight is 438 g/mol. The molecule has 1 aliphatic carbocycles. The van der Waals surface area contributed by atoms with Crippen molar-refractivity contribution in [2.75, 3.05) is 37.3 Å². The van der Waals surface area contributed by atoms with Crippen LogP contribution in [0.4, 0.5) is 5.69 Å². The van der Waals surface area contributed by atoms with E-state index in [1.54, 1.807) is 12.1 Å². The lowest BCUT2D eigenvalue weighted by Crippen LogP contribution is -2.44. The van der Waals surface area contributed by atoms with Gasteiger partial charge >= 0.3 is 5.97 Å². The largest absolute Gasteiger partial charge is 0.481 e. The van der Waals surface area contributed by atoms with Crippen LogP contribution in [-0.2, 0) is 14.6 Å². The molecule has 1 amide bonds. The number of piperazine rings is 1. The van der Waals surface area contributed by atoms with Crippen molar-refractivity contribution in [3.63, 3.8) is 0 Å². The summed E-state index contributed by atoms with van der Waals surface area (Å²) in [7, 11) is -3.48. The molecular weight excluding hydrogens is 406 g/mol. The first-order valence-electron chi connectivity index (χ1n) is 10.6. The number of hydrogen-bond acceptors (Lipinski definition) is 6. The highest BCUT2D eigenvalue weighted by molar-refractivity contribution is 7.90. The second-order valence-electron chi connectivity index (χ2n) is 8.32. The number of nitrogens with one attached hydrogen (secondary N) is 2. The molecule has 1 aromatic carbocycles. The molecule has 2 fully saturated rings. The third kappa shape index (κ3) is 5.95. The van der Waals surface area contributed by atoms with Gasteiger partial charge in [0.25, 0.3) is 5.91 Å². The van der Waals surface area contributed by atoms with Gasteiger partial charge in [0.15, 0.2) is 9.84 Å². The smallest absolute Gasteiger partial charge is 0.303 e. The van der Waals surface area contributed by atoms with Gasteiger partial charge in [0.05, 0.1) is 10.6 Å². The van der Waals surface area contributed by atoms with E-state index in [1.807, 2.05) is 4.90 Å². The van der Waals surface area contributed by atoms with Gasteiger partial charge in [-0.05, 0) is 56.2 Å². The maximum Gasteiger partial charge on any atom is 0.303 e. The van der Waals surface area contributed by atoms with Gasteiger partial charge in [-0.25, -0.2) is 8.42 Å². The molecule has 30 heavy (non-hydrogen) atoms. The molecule has 0 bridgehead atoms. The van der Waals surface area contributed by atoms with Gasteiger partial charge < -0.3 is 20.6 Å². The summed E-state index contributed by atoms with van der Waals surface area (Å²) in [5.74, 6) is -0.637. The molecule has 9 heteroatoms. The predicted molar refractivity (Wildman–Crippen MR) is 115 cm³/mol. The fourth-order valence-corrected chi connectivity index (χ4v) is 5.23. The Morgan fingerprint density at radius 1 is 1.17 bits per heavy atom. The summed E-state index contributed by atoms with van der Waals surface area (Å²) < 4.78 is 24.8. The van der Waals surface area contributed by atoms with Gasteiger partial charge in [-0.15, -0.1) is 0 Å². The van der Waals surface area contributed by atoms with E-state index in [1.165, 1.54) is 12.3 Å². The number of aliphatic carboxylic acids is 1. The predicted octanol–water partition coefficient (Wildman–Crippen LogP) is 1.65. The monoisotopic (exact) mass is 437 g/mol. The summed E-state index contributed by atoms with van der Waals surface area (Å²) in [4.78, 5) is 25.7. The Balaban J connectivity index is 1.65. The Labute approximate surface area is 177 Å². The van der Waals surface area contributed by atoms with Crippen molar-refractivity contribution >= 4 is 27.4 Å². The summed E-state index contributed by atoms with van der Waals surface area (Å²) in [5.41, 5.74) is 0.997. The van der Waals surface area contributed by atoms with Crippen molar-refractivity contribution in [3.8, 4) is 0 Å². The molecule has 0 unspecified atom stereocenters. The molecule has 0 radical (unpaired) electrons. The zero-order valence-corrected chi connectivity index (χ0v) is 18.2. The normalized spacial score (nSPS) is 22.5. The van der Waals surface area contributed by atoms with Crippen molar-refractivity contribution in [3.05, 3.63) is 23.8 Å². The van der Waals surface area contributed by atoms with Crippen LogP contribution in [0.1, 0.15) is 48.9 Å². The molecule has 0 aromatic heterocycles. The van der Waals surface area contributed by atoms with Crippen LogP contribution < -0.4 is 15.5 Å². The average Bonchev–Trinajstić information content (AvgIpc) is 2.72. The second-order valence-corrected chi connectivity index (χ2v) is 10.3. The number of benzene rings is 1. The SMILES string of the molecule is CS(=O)(=O)c1cc(C(=O)NC2CCC(CCC(=O)O)CC2)ccc1N1CCNCC1. The molecule has 1 saturated carbocycles. The van der Waals surface area contributed by atoms with Crippen LogP contribution in [-0.4, -0.2) is 63.9 Å². The number of rotatable bonds is 7. The zero-order chi connectivity index (χ0) is 21.7. The minimum atomic E-state index is -3.48. The van der Waals surface area contributed by atoms with Crippen molar-refractivity contribution in [2.45, 2.75) is 49.5 Å². The lowest BCUT2D eigenvalue weighted by molar-refractivity contribution is -0.137. The van der Waals surface area contributed by atoms with E-state index in [0.717, 1.165) is 51.9 Å². The van der Waals surface area contributed by atoms with Crippen molar-refractivity contribution in [2.24, 2.45) is 5.92 Å². The fraction of sp³-hybridized carbons (Fsp3) is 0.619. The van der Waals surface area contributed by atoms with E-state index in [-0.39, 0.29) is 23.3 Å². The molecule has 166 valence electrons. The molecule has 3 N–H and O–H groups in total. The van der Waals surface area contributed by atoms with Crippen LogP contribution in [0.5, 0.6) is 0 Å². The van der Waals surface area contributed by atoms with Crippen LogP contribution in [0.2, 0.25) is 0 Å². The standard InChI is InChI=1S/C21H31N3O5S/c1-30(28,29)19-14-16(5-8-18(19)24-12-10-22-11-13-24)21(27)23-17-6-2-15(3-7-17)4-9-20(25)26/h5,8,14-15,17,22H,2-4,6-7,9-13H2,1H3,(H,23,27)(H,25,26). The second kappa shape index (κ2) is 9.78. The minimum Gasteiger partial charge on any atom is -0.481 e. The van der Waals surface area contributed by atoms with Crippen molar-refractivity contribution in [1.29, 1.82) is 0 Å². The summed E-state index contributed by atoms with van der Waals surface area (Å²) in [6.45, 7) is 3.03. The number of carboxylic acids is 1. The molecule has 8 nitrogen and oxygen atoms in total. The summed E-state index contributed by atoms with van der Waals surface area (Å²) in [5, 5.41) is 15.1. The van der Waals surface area contributed by atoms with Crippen LogP contribution >= 0.6 is 0 Å². The van der Waals surface area contributed by atoms with Crippen LogP contribution in [0.25, 0.3) is 0 Å². The van der Waals surface area contributed by atoms with Crippen LogP contribution in [0.3, 0.4) is 0 Å². The molecule has 1 saturated heterocycles. The van der Waals surface area contributed by atoms with Gasteiger partial charge in [0.1, 0.15) is 0 Å². The quantitative estimate of drug-likeness (QED) is 0.594. The number of carbonyl (C=O) groups excluding carboxylic acids is 1. The zero-order valence-electron chi connectivity index (χ0n) is 17.4. The Morgan fingerprint density at radius 2 is 1.83 bits per heavy atom. The van der Waals surface area contributed by atoms with Gasteiger partial charge in [-0.2, -0.15) is 0 Å². The molecule has 0 spiro atoms. The van der Waals surface area contributed by atoms with E-state index in [4.69, 9.17) is 5.11 Å². The lowest BCUT2D eigenvalue weighted by Gasteiger charge is -2.31. The van der Waals surface area contributed by atoms with Gasteiger partial charge in [0, 0.05) is 50.5 Å². The fourth-order valence-electron chi connectivity index (χ4n) is 4.31. The van der Waals surface area contributed by atoms with E-state index in [9.17, 15) is 18.0 Å². The van der Waals surface area contributed by atoms with Gasteiger partial charge in [0.2, 0.25) is 0 Å². The number of nitrogens with zero attached hydrogens (tertiary/aromatic N) is 1. The first-order valence-corrected chi connectivity index (χ1v) is 12.5. The highest BCUT2D eigenvalue weighted by Gasteiger charge is 2.25. The Bertz CT molecular complexity index is 873. The molecule has 1 aliphatic heterocycles. The van der Waals surface area contributed by atoms with Gasteiger partial charge in [-0.1, -0.05) is 0 Å². The highest BCUT2D eigenvalue weighted by Crippen LogP contribution is 2.29. The summed E-state index contributed by atoms with van der Waals surface area (Å²) in [6.07, 6.45) is 5.47. The summed E-state index contributed by atoms with van der Waals surface area (Å²) >= 11 is 0. The number of sulfone groups is 1. The third-order valence-corrected chi connectivity index (χ3v) is 7.15. The van der Waals surface area contributed by atoms with E-state index in [0.29, 0.717) is 23.6 Å². The first-order chi connectivity index (χ1) is 14.2. The number of amides is 1. The maximum atomic E-state index is 12.8. The van der Waals surface area contributed by atoms with E-state index >= 15 is 0 Å². The molecule has 3 rings (SSSR count). The van der Waals surface area contributed by atoms with Gasteiger partial charge in [-0.3, -0.25) is 9.59 Å². The third-order valence-electron chi connectivity index (χ3n) is 6.03. The number of anilines is 1. The van der Waals surface area contributed by atoms with Crippen molar-refractivity contribution < 1.29 is 23.1 Å². The van der Waals surface area contributed by atoms with E-state index in [2.05, 4.69) is 10.6 Å². The Morgan fingerprint density at radius 3 is 2.43 bits per heavy atom. The van der Waals surface area contributed by atoms with Crippen LogP contribution in [0, 0.1) is 5.92 Å². The number of hydrogen-bond donors (Lipinski definition) is 3. The van der Waals surface area contributed by atoms with Crippen LogP contribution in [0.15, 0.2) is 23.1 Å². The van der Waals surface area contributed by atoms with E-state index < -0.39 is 15.8 Å². The maximum absolute atomic E-state index is 12.8. The summed E-state index contributed by atoms with van der Waals surface area (Å²) in [6, 6.07) is 4.95. The topological polar surface area (TPSA) is 116 Å². The Kier molecular flexibility index (Phi) is 7.36. The molecular formula is C21H31N3O5S. The Hall–Kier alpha value is -2.13. The van der Waals surface area contributed by atoms with Crippen molar-refractivity contribution in [1.82, 2.24) is 10.6 Å². The molecule has 2 aliphatic rings. The molecule has 1 heterocycles. The number of carboxylic acid groups (broad SMARTS) is 1.